The molecule has 3 aromatic heterocycles. The van der Waals surface area contributed by atoms with Gasteiger partial charge in [0, 0.05) is 18.5 Å². The molecule has 0 spiro atoms. The lowest BCUT2D eigenvalue weighted by molar-refractivity contribution is 0.246. The van der Waals surface area contributed by atoms with Crippen molar-refractivity contribution in [1.29, 1.82) is 0 Å². The Morgan fingerprint density at radius 1 is 1.41 bits per heavy atom. The van der Waals surface area contributed by atoms with Crippen molar-refractivity contribution in [3.63, 3.8) is 0 Å². The van der Waals surface area contributed by atoms with Crippen LogP contribution in [0, 0.1) is 4.77 Å². The molecular weight excluding hydrogens is 340 g/mol. The Kier molecular flexibility index (Phi) is 4.49. The van der Waals surface area contributed by atoms with Crippen molar-refractivity contribution in [2.75, 3.05) is 7.05 Å². The first-order valence-corrected chi connectivity index (χ1v) is 8.25. The van der Waals surface area contributed by atoms with Crippen molar-refractivity contribution >= 4 is 35.2 Å². The monoisotopic (exact) mass is 354 g/mol. The number of thiophene rings is 1. The normalized spacial score (nSPS) is 11.5. The van der Waals surface area contributed by atoms with E-state index in [4.69, 9.17) is 28.2 Å². The van der Waals surface area contributed by atoms with Gasteiger partial charge in [-0.2, -0.15) is 0 Å². The molecule has 8 heteroatoms. The lowest BCUT2D eigenvalue weighted by Crippen LogP contribution is -2.22. The molecule has 0 atom stereocenters. The van der Waals surface area contributed by atoms with E-state index in [1.54, 1.807) is 22.3 Å². The lowest BCUT2D eigenvalue weighted by Gasteiger charge is -2.15. The number of rotatable bonds is 5. The minimum Gasteiger partial charge on any atom is -0.461 e. The van der Waals surface area contributed by atoms with E-state index in [1.165, 1.54) is 4.88 Å². The van der Waals surface area contributed by atoms with Crippen LogP contribution in [0.3, 0.4) is 0 Å². The first kappa shape index (κ1) is 15.5. The average Bonchev–Trinajstić information content (AvgIpc) is 3.17. The zero-order valence-electron chi connectivity index (χ0n) is 12.2. The molecule has 3 aromatic rings. The fourth-order valence-electron chi connectivity index (χ4n) is 2.18. The van der Waals surface area contributed by atoms with Crippen molar-refractivity contribution in [3.8, 4) is 11.6 Å². The highest BCUT2D eigenvalue weighted by Gasteiger charge is 2.13. The maximum absolute atomic E-state index is 5.96. The summed E-state index contributed by atoms with van der Waals surface area (Å²) in [6.45, 7) is 1.40. The van der Waals surface area contributed by atoms with Crippen LogP contribution >= 0.6 is 35.2 Å². The van der Waals surface area contributed by atoms with Crippen molar-refractivity contribution in [1.82, 2.24) is 19.2 Å². The fraction of sp³-hybridized carbons (Fsp3) is 0.286. The van der Waals surface area contributed by atoms with E-state index in [0.717, 1.165) is 16.7 Å². The largest absolute Gasteiger partial charge is 0.461 e. The number of hydrogen-bond acceptors (Lipinski definition) is 5. The van der Waals surface area contributed by atoms with Gasteiger partial charge in [-0.1, -0.05) is 11.6 Å². The molecule has 0 aliphatic heterocycles. The molecule has 0 fully saturated rings. The summed E-state index contributed by atoms with van der Waals surface area (Å²) in [5.74, 6) is 1.43. The Balaban J connectivity index is 1.78. The molecule has 3 rings (SSSR count). The average molecular weight is 355 g/mol. The zero-order valence-corrected chi connectivity index (χ0v) is 14.6. The van der Waals surface area contributed by atoms with Gasteiger partial charge < -0.3 is 8.98 Å². The van der Waals surface area contributed by atoms with Crippen molar-refractivity contribution in [3.05, 3.63) is 44.5 Å². The van der Waals surface area contributed by atoms with E-state index in [0.29, 0.717) is 17.2 Å². The van der Waals surface area contributed by atoms with Gasteiger partial charge in [0.15, 0.2) is 16.4 Å². The molecule has 0 radical (unpaired) electrons. The van der Waals surface area contributed by atoms with Gasteiger partial charge in [0.05, 0.1) is 17.3 Å². The van der Waals surface area contributed by atoms with Gasteiger partial charge in [0.1, 0.15) is 0 Å². The highest BCUT2D eigenvalue weighted by Crippen LogP contribution is 2.23. The van der Waals surface area contributed by atoms with E-state index in [-0.39, 0.29) is 0 Å². The third-order valence-corrected chi connectivity index (χ3v) is 4.91. The standard InChI is InChI=1S/C14H15ClN4OS2/c1-17(8-10-5-6-12(15)22-10)9-19-14(21)18(2)13(16-19)11-4-3-7-20-11/h3-7H,8-9H2,1-2H3. The Bertz CT molecular complexity index is 818. The van der Waals surface area contributed by atoms with E-state index < -0.39 is 0 Å². The highest BCUT2D eigenvalue weighted by molar-refractivity contribution is 7.71. The zero-order chi connectivity index (χ0) is 15.7. The van der Waals surface area contributed by atoms with Crippen molar-refractivity contribution in [2.45, 2.75) is 13.2 Å². The minimum absolute atomic E-state index is 0.600. The van der Waals surface area contributed by atoms with E-state index in [1.807, 2.05) is 42.9 Å². The summed E-state index contributed by atoms with van der Waals surface area (Å²) >= 11 is 13.0. The predicted molar refractivity (Wildman–Crippen MR) is 90.5 cm³/mol. The highest BCUT2D eigenvalue weighted by atomic mass is 35.5. The van der Waals surface area contributed by atoms with E-state index in [2.05, 4.69) is 10.00 Å². The molecule has 0 unspecified atom stereocenters. The molecule has 0 aliphatic rings. The van der Waals surface area contributed by atoms with Crippen LogP contribution in [0.1, 0.15) is 4.88 Å². The number of furan rings is 1. The number of nitrogens with zero attached hydrogens (tertiary/aromatic N) is 4. The van der Waals surface area contributed by atoms with Gasteiger partial charge in [0.25, 0.3) is 0 Å². The van der Waals surface area contributed by atoms with Crippen LogP contribution in [0.5, 0.6) is 0 Å². The smallest absolute Gasteiger partial charge is 0.199 e. The summed E-state index contributed by atoms with van der Waals surface area (Å²) in [5.41, 5.74) is 0. The van der Waals surface area contributed by atoms with Gasteiger partial charge in [-0.3, -0.25) is 4.90 Å². The van der Waals surface area contributed by atoms with Gasteiger partial charge in [0.2, 0.25) is 0 Å². The molecule has 0 N–H and O–H groups in total. The first-order chi connectivity index (χ1) is 10.5. The number of halogens is 1. The van der Waals surface area contributed by atoms with E-state index >= 15 is 0 Å². The first-order valence-electron chi connectivity index (χ1n) is 6.65. The maximum Gasteiger partial charge on any atom is 0.199 e. The second-order valence-corrected chi connectivity index (χ2v) is 7.17. The molecule has 5 nitrogen and oxygen atoms in total. The van der Waals surface area contributed by atoms with Crippen molar-refractivity contribution in [2.24, 2.45) is 7.05 Å². The summed E-state index contributed by atoms with van der Waals surface area (Å²) in [4.78, 5) is 3.35. The van der Waals surface area contributed by atoms with Gasteiger partial charge in [-0.25, -0.2) is 4.68 Å². The third-order valence-electron chi connectivity index (χ3n) is 3.21. The summed E-state index contributed by atoms with van der Waals surface area (Å²) in [6, 6.07) is 7.66. The summed E-state index contributed by atoms with van der Waals surface area (Å²) in [6.07, 6.45) is 1.63. The fourth-order valence-corrected chi connectivity index (χ4v) is 3.53. The molecule has 0 aromatic carbocycles. The lowest BCUT2D eigenvalue weighted by atomic mass is 10.4. The molecule has 22 heavy (non-hydrogen) atoms. The Hall–Kier alpha value is -1.41. The Morgan fingerprint density at radius 3 is 2.86 bits per heavy atom. The second kappa shape index (κ2) is 6.37. The van der Waals surface area contributed by atoms with Crippen LogP contribution in [0.4, 0.5) is 0 Å². The number of hydrogen-bond donors (Lipinski definition) is 0. The molecule has 0 saturated carbocycles. The van der Waals surface area contributed by atoms with Gasteiger partial charge in [-0.15, -0.1) is 16.4 Å². The molecule has 0 saturated heterocycles. The summed E-state index contributed by atoms with van der Waals surface area (Å²) in [7, 11) is 3.92. The predicted octanol–water partition coefficient (Wildman–Crippen LogP) is 4.02. The SMILES string of the molecule is CN(Cc1ccc(Cl)s1)Cn1nc(-c2ccco2)n(C)c1=S. The molecule has 116 valence electrons. The van der Waals surface area contributed by atoms with Crippen LogP contribution < -0.4 is 0 Å². The Labute approximate surface area is 142 Å². The van der Waals surface area contributed by atoms with E-state index in [9.17, 15) is 0 Å². The van der Waals surface area contributed by atoms with Crippen LogP contribution in [0.25, 0.3) is 11.6 Å². The minimum atomic E-state index is 0.600. The summed E-state index contributed by atoms with van der Waals surface area (Å²) in [5, 5.41) is 4.56. The molecule has 0 aliphatic carbocycles. The van der Waals surface area contributed by atoms with Crippen LogP contribution in [-0.4, -0.2) is 26.3 Å². The number of aromatic nitrogens is 3. The van der Waals surface area contributed by atoms with Crippen LogP contribution in [0.2, 0.25) is 4.34 Å². The van der Waals surface area contributed by atoms with Crippen LogP contribution in [0.15, 0.2) is 34.9 Å². The third kappa shape index (κ3) is 3.17. The van der Waals surface area contributed by atoms with Gasteiger partial charge in [-0.05, 0) is 43.5 Å². The molecule has 0 bridgehead atoms. The Morgan fingerprint density at radius 2 is 2.23 bits per heavy atom. The topological polar surface area (TPSA) is 39.1 Å². The second-order valence-electron chi connectivity index (χ2n) is 5.00. The van der Waals surface area contributed by atoms with Crippen LogP contribution in [-0.2, 0) is 20.3 Å². The molecule has 3 heterocycles. The molecular formula is C14H15ClN4OS2. The molecule has 0 amide bonds. The maximum atomic E-state index is 5.96. The quantitative estimate of drug-likeness (QED) is 0.649. The van der Waals surface area contributed by atoms with Gasteiger partial charge >= 0.3 is 0 Å². The summed E-state index contributed by atoms with van der Waals surface area (Å²) < 4.78 is 10.5. The van der Waals surface area contributed by atoms with Crippen molar-refractivity contribution < 1.29 is 4.42 Å².